The lowest BCUT2D eigenvalue weighted by Crippen LogP contribution is -2.29. The molecule has 2 rings (SSSR count). The molecule has 0 saturated carbocycles. The molecule has 1 aromatic carbocycles. The van der Waals surface area contributed by atoms with Crippen molar-refractivity contribution in [1.29, 1.82) is 0 Å². The standard InChI is InChI=1S/C11H13BN4O2/c1-8-7-16(11(13)15-8)14-6-9-3-2-4-10(5-9)12(17)18/h2-7,17-18H,1H3,(H2,13,15). The highest BCUT2D eigenvalue weighted by Gasteiger charge is 2.09. The van der Waals surface area contributed by atoms with Gasteiger partial charge in [0.1, 0.15) is 0 Å². The Morgan fingerprint density at radius 2 is 2.22 bits per heavy atom. The molecule has 0 radical (unpaired) electrons. The van der Waals surface area contributed by atoms with E-state index in [0.29, 0.717) is 11.4 Å². The van der Waals surface area contributed by atoms with Gasteiger partial charge in [-0.05, 0) is 17.9 Å². The fourth-order valence-corrected chi connectivity index (χ4v) is 1.53. The van der Waals surface area contributed by atoms with E-state index in [0.717, 1.165) is 11.3 Å². The van der Waals surface area contributed by atoms with E-state index < -0.39 is 7.12 Å². The number of rotatable bonds is 3. The molecule has 6 nitrogen and oxygen atoms in total. The smallest absolute Gasteiger partial charge is 0.423 e. The molecule has 1 heterocycles. The molecule has 0 spiro atoms. The second-order valence-electron chi connectivity index (χ2n) is 3.87. The molecule has 0 fully saturated rings. The maximum absolute atomic E-state index is 9.06. The summed E-state index contributed by atoms with van der Waals surface area (Å²) < 4.78 is 1.46. The van der Waals surface area contributed by atoms with E-state index in [9.17, 15) is 0 Å². The summed E-state index contributed by atoms with van der Waals surface area (Å²) in [5, 5.41) is 22.3. The number of aryl methyl sites for hydroxylation is 1. The Morgan fingerprint density at radius 3 is 2.83 bits per heavy atom. The number of hydrogen-bond acceptors (Lipinski definition) is 5. The minimum Gasteiger partial charge on any atom is -0.423 e. The summed E-state index contributed by atoms with van der Waals surface area (Å²) in [6.45, 7) is 1.82. The van der Waals surface area contributed by atoms with Gasteiger partial charge in [0.2, 0.25) is 5.95 Å². The minimum atomic E-state index is -1.49. The molecule has 2 aromatic rings. The third-order valence-corrected chi connectivity index (χ3v) is 2.37. The number of anilines is 1. The van der Waals surface area contributed by atoms with E-state index >= 15 is 0 Å². The van der Waals surface area contributed by atoms with Crippen LogP contribution >= 0.6 is 0 Å². The van der Waals surface area contributed by atoms with Gasteiger partial charge in [-0.25, -0.2) is 9.66 Å². The largest absolute Gasteiger partial charge is 0.488 e. The highest BCUT2D eigenvalue weighted by atomic mass is 16.4. The van der Waals surface area contributed by atoms with Crippen LogP contribution in [0.5, 0.6) is 0 Å². The second kappa shape index (κ2) is 5.03. The van der Waals surface area contributed by atoms with E-state index in [4.69, 9.17) is 15.8 Å². The van der Waals surface area contributed by atoms with Gasteiger partial charge in [-0.3, -0.25) is 0 Å². The summed E-state index contributed by atoms with van der Waals surface area (Å²) in [5.41, 5.74) is 7.58. The molecule has 0 unspecified atom stereocenters. The Kier molecular flexibility index (Phi) is 3.45. The number of hydrogen-bond donors (Lipinski definition) is 3. The van der Waals surface area contributed by atoms with Crippen molar-refractivity contribution in [3.8, 4) is 0 Å². The van der Waals surface area contributed by atoms with Crippen LogP contribution in [-0.2, 0) is 0 Å². The maximum atomic E-state index is 9.06. The number of nitrogen functional groups attached to an aromatic ring is 1. The first-order chi connectivity index (χ1) is 8.56. The van der Waals surface area contributed by atoms with Crippen LogP contribution < -0.4 is 11.2 Å². The first-order valence-electron chi connectivity index (χ1n) is 5.38. The fourth-order valence-electron chi connectivity index (χ4n) is 1.53. The molecule has 4 N–H and O–H groups in total. The Bertz CT molecular complexity index is 580. The normalized spacial score (nSPS) is 11.1. The van der Waals surface area contributed by atoms with Gasteiger partial charge in [-0.1, -0.05) is 24.3 Å². The molecule has 7 heteroatoms. The predicted molar refractivity (Wildman–Crippen MR) is 70.6 cm³/mol. The number of nitrogens with zero attached hydrogens (tertiary/aromatic N) is 3. The molecule has 0 atom stereocenters. The van der Waals surface area contributed by atoms with Crippen LogP contribution in [0.2, 0.25) is 0 Å². The Labute approximate surface area is 105 Å². The van der Waals surface area contributed by atoms with Crippen LogP contribution in [0.3, 0.4) is 0 Å². The van der Waals surface area contributed by atoms with Crippen LogP contribution in [0.15, 0.2) is 35.6 Å². The molecule has 18 heavy (non-hydrogen) atoms. The summed E-state index contributed by atoms with van der Waals surface area (Å²) in [4.78, 5) is 4.02. The van der Waals surface area contributed by atoms with E-state index in [-0.39, 0.29) is 0 Å². The topological polar surface area (TPSA) is 96.7 Å². The summed E-state index contributed by atoms with van der Waals surface area (Å²) in [6, 6.07) is 6.78. The van der Waals surface area contributed by atoms with E-state index in [1.165, 1.54) is 4.68 Å². The average molecular weight is 244 g/mol. The molecule has 0 aliphatic heterocycles. The van der Waals surface area contributed by atoms with E-state index in [2.05, 4.69) is 10.1 Å². The summed E-state index contributed by atoms with van der Waals surface area (Å²) in [7, 11) is -1.49. The predicted octanol–water partition coefficient (Wildman–Crippen LogP) is -0.664. The first-order valence-corrected chi connectivity index (χ1v) is 5.38. The average Bonchev–Trinajstić information content (AvgIpc) is 2.65. The molecule has 92 valence electrons. The van der Waals surface area contributed by atoms with Crippen LogP contribution in [0.1, 0.15) is 11.3 Å². The van der Waals surface area contributed by atoms with Crippen LogP contribution in [-0.4, -0.2) is 33.0 Å². The minimum absolute atomic E-state index is 0.307. The Morgan fingerprint density at radius 1 is 1.44 bits per heavy atom. The monoisotopic (exact) mass is 244 g/mol. The molecule has 1 aromatic heterocycles. The van der Waals surface area contributed by atoms with E-state index in [1.54, 1.807) is 36.7 Å². The van der Waals surface area contributed by atoms with Crippen LogP contribution in [0.4, 0.5) is 5.95 Å². The molecule has 0 aliphatic carbocycles. The number of benzene rings is 1. The van der Waals surface area contributed by atoms with Gasteiger partial charge in [0.25, 0.3) is 0 Å². The van der Waals surface area contributed by atoms with Crippen molar-refractivity contribution in [2.45, 2.75) is 6.92 Å². The molecule has 0 amide bonds. The van der Waals surface area contributed by atoms with Crippen LogP contribution in [0.25, 0.3) is 0 Å². The van der Waals surface area contributed by atoms with Crippen molar-refractivity contribution in [3.05, 3.63) is 41.7 Å². The van der Waals surface area contributed by atoms with Gasteiger partial charge in [0.05, 0.1) is 18.1 Å². The van der Waals surface area contributed by atoms with Crippen molar-refractivity contribution in [1.82, 2.24) is 9.66 Å². The van der Waals surface area contributed by atoms with Gasteiger partial charge in [-0.15, -0.1) is 0 Å². The Balaban J connectivity index is 2.23. The molecular formula is C11H13BN4O2. The summed E-state index contributed by atoms with van der Waals surface area (Å²) in [6.07, 6.45) is 3.28. The lowest BCUT2D eigenvalue weighted by atomic mass is 9.80. The van der Waals surface area contributed by atoms with Gasteiger partial charge in [0, 0.05) is 0 Å². The summed E-state index contributed by atoms with van der Waals surface area (Å²) in [5.74, 6) is 0.307. The highest BCUT2D eigenvalue weighted by Crippen LogP contribution is 2.03. The SMILES string of the molecule is Cc1cn(N=Cc2cccc(B(O)O)c2)c(N)n1. The fraction of sp³-hybridized carbons (Fsp3) is 0.0909. The molecule has 0 bridgehead atoms. The Hall–Kier alpha value is -2.12. The first kappa shape index (κ1) is 12.3. The zero-order valence-corrected chi connectivity index (χ0v) is 9.85. The number of imidazole rings is 1. The van der Waals surface area contributed by atoms with Gasteiger partial charge >= 0.3 is 7.12 Å². The number of nitrogens with two attached hydrogens (primary N) is 1. The lowest BCUT2D eigenvalue weighted by molar-refractivity contribution is 0.426. The molecule has 0 saturated heterocycles. The zero-order valence-electron chi connectivity index (χ0n) is 9.85. The van der Waals surface area contributed by atoms with Crippen molar-refractivity contribution in [2.24, 2.45) is 5.10 Å². The summed E-state index contributed by atoms with van der Waals surface area (Å²) >= 11 is 0. The molecule has 0 aliphatic rings. The highest BCUT2D eigenvalue weighted by molar-refractivity contribution is 6.58. The third kappa shape index (κ3) is 2.76. The maximum Gasteiger partial charge on any atom is 0.488 e. The van der Waals surface area contributed by atoms with Crippen LogP contribution in [0, 0.1) is 6.92 Å². The van der Waals surface area contributed by atoms with Gasteiger partial charge in [-0.2, -0.15) is 5.10 Å². The third-order valence-electron chi connectivity index (χ3n) is 2.37. The van der Waals surface area contributed by atoms with Crippen molar-refractivity contribution < 1.29 is 10.0 Å². The lowest BCUT2D eigenvalue weighted by Gasteiger charge is -2.00. The second-order valence-corrected chi connectivity index (χ2v) is 3.87. The molecular weight excluding hydrogens is 231 g/mol. The van der Waals surface area contributed by atoms with Crippen molar-refractivity contribution >= 4 is 24.7 Å². The quantitative estimate of drug-likeness (QED) is 0.493. The van der Waals surface area contributed by atoms with Gasteiger partial charge in [0.15, 0.2) is 0 Å². The van der Waals surface area contributed by atoms with E-state index in [1.807, 2.05) is 6.92 Å². The van der Waals surface area contributed by atoms with Crippen molar-refractivity contribution in [3.63, 3.8) is 0 Å². The van der Waals surface area contributed by atoms with Gasteiger partial charge < -0.3 is 15.8 Å². The number of aromatic nitrogens is 2. The zero-order chi connectivity index (χ0) is 13.1. The van der Waals surface area contributed by atoms with Crippen molar-refractivity contribution in [2.75, 3.05) is 5.73 Å².